The Balaban J connectivity index is 1.80. The predicted octanol–water partition coefficient (Wildman–Crippen LogP) is 1.23. The minimum Gasteiger partial charge on any atom is -0.495 e. The second-order valence-electron chi connectivity index (χ2n) is 6.28. The van der Waals surface area contributed by atoms with Crippen molar-refractivity contribution in [1.82, 2.24) is 10.6 Å². The fraction of sp³-hybridized carbons (Fsp3) is 0.529. The first-order valence-corrected chi connectivity index (χ1v) is 10.2. The molecule has 10 nitrogen and oxygen atoms in total. The Morgan fingerprint density at radius 2 is 2.07 bits per heavy atom. The molecule has 0 aromatic heterocycles. The van der Waals surface area contributed by atoms with E-state index in [1.54, 1.807) is 6.08 Å². The number of aliphatic hydroxyl groups is 1. The fourth-order valence-corrected chi connectivity index (χ4v) is 4.53. The highest BCUT2D eigenvalue weighted by Gasteiger charge is 2.50. The molecular weight excluding hydrogens is 518 g/mol. The number of methoxy groups -OCH3 is 2. The highest BCUT2D eigenvalue weighted by molar-refractivity contribution is 9.12. The number of hydrogen-bond donors (Lipinski definition) is 3. The first kappa shape index (κ1) is 23.4. The average molecular weight is 539 g/mol. The van der Waals surface area contributed by atoms with E-state index in [-0.39, 0.29) is 37.4 Å². The van der Waals surface area contributed by atoms with E-state index in [9.17, 15) is 19.5 Å². The van der Waals surface area contributed by atoms with Crippen LogP contribution in [-0.4, -0.2) is 67.6 Å². The van der Waals surface area contributed by atoms with Crippen LogP contribution in [0.3, 0.4) is 0 Å². The second-order valence-corrected chi connectivity index (χ2v) is 7.99. The smallest absolute Gasteiger partial charge is 0.407 e. The first-order valence-electron chi connectivity index (χ1n) is 8.61. The quantitative estimate of drug-likeness (QED) is 0.395. The number of carbonyl (C=O) groups is 3. The molecule has 12 heteroatoms. The Hall–Kier alpha value is -1.92. The topological polar surface area (TPSA) is 136 Å². The highest BCUT2D eigenvalue weighted by atomic mass is 79.9. The Labute approximate surface area is 183 Å². The second kappa shape index (κ2) is 10.2. The maximum atomic E-state index is 12.3. The first-order chi connectivity index (χ1) is 13.7. The number of aliphatic hydroxyl groups excluding tert-OH is 1. The zero-order valence-corrected chi connectivity index (χ0v) is 19.0. The number of carbonyl (C=O) groups excluding carboxylic acids is 3. The minimum absolute atomic E-state index is 0.0587. The molecule has 1 aliphatic heterocycles. The Kier molecular flexibility index (Phi) is 8.23. The summed E-state index contributed by atoms with van der Waals surface area (Å²) in [6.07, 6.45) is 0.466. The largest absolute Gasteiger partial charge is 0.495 e. The molecule has 2 rings (SSSR count). The molecule has 1 aliphatic carbocycles. The minimum atomic E-state index is -1.22. The summed E-state index contributed by atoms with van der Waals surface area (Å²) in [6, 6.07) is 0. The highest BCUT2D eigenvalue weighted by Crippen LogP contribution is 2.43. The van der Waals surface area contributed by atoms with Crippen molar-refractivity contribution in [2.75, 3.05) is 27.3 Å². The molecule has 2 aliphatic rings. The van der Waals surface area contributed by atoms with Gasteiger partial charge in [-0.15, -0.1) is 0 Å². The van der Waals surface area contributed by atoms with Crippen molar-refractivity contribution in [2.45, 2.75) is 31.0 Å². The van der Waals surface area contributed by atoms with E-state index in [0.717, 1.165) is 0 Å². The van der Waals surface area contributed by atoms with Gasteiger partial charge in [-0.2, -0.15) is 0 Å². The van der Waals surface area contributed by atoms with Gasteiger partial charge in [-0.3, -0.25) is 9.59 Å². The maximum Gasteiger partial charge on any atom is 0.407 e. The number of alkyl carbamates (subject to hydrolysis) is 1. The van der Waals surface area contributed by atoms with Crippen LogP contribution >= 0.6 is 31.9 Å². The fourth-order valence-electron chi connectivity index (χ4n) is 2.74. The van der Waals surface area contributed by atoms with Crippen LogP contribution in [0, 0.1) is 0 Å². The van der Waals surface area contributed by atoms with Crippen LogP contribution in [0.5, 0.6) is 0 Å². The lowest BCUT2D eigenvalue weighted by molar-refractivity contribution is -0.119. The molecule has 0 fully saturated rings. The molecule has 0 bridgehead atoms. The molecule has 1 spiro atoms. The lowest BCUT2D eigenvalue weighted by Gasteiger charge is -2.33. The van der Waals surface area contributed by atoms with Gasteiger partial charge in [0.15, 0.2) is 11.4 Å². The molecule has 0 aromatic rings. The number of ether oxygens (including phenoxy) is 2. The van der Waals surface area contributed by atoms with E-state index in [1.165, 1.54) is 14.2 Å². The van der Waals surface area contributed by atoms with Crippen molar-refractivity contribution >= 4 is 55.4 Å². The van der Waals surface area contributed by atoms with Gasteiger partial charge in [0.2, 0.25) is 0 Å². The van der Waals surface area contributed by atoms with Crippen LogP contribution in [-0.2, 0) is 23.9 Å². The maximum absolute atomic E-state index is 12.3. The van der Waals surface area contributed by atoms with E-state index < -0.39 is 23.7 Å². The summed E-state index contributed by atoms with van der Waals surface area (Å²) >= 11 is 6.65. The van der Waals surface area contributed by atoms with E-state index >= 15 is 0 Å². The molecule has 0 saturated heterocycles. The van der Waals surface area contributed by atoms with Gasteiger partial charge in [0.25, 0.3) is 5.91 Å². The summed E-state index contributed by atoms with van der Waals surface area (Å²) in [4.78, 5) is 40.3. The number of amides is 2. The third-order valence-corrected chi connectivity index (χ3v) is 5.66. The number of hydrogen-bond acceptors (Lipinski definition) is 8. The summed E-state index contributed by atoms with van der Waals surface area (Å²) < 4.78 is 10.5. The van der Waals surface area contributed by atoms with Crippen molar-refractivity contribution in [3.05, 3.63) is 20.8 Å². The third kappa shape index (κ3) is 5.58. The summed E-state index contributed by atoms with van der Waals surface area (Å²) in [6.45, 7) is 0.114. The molecule has 160 valence electrons. The Morgan fingerprint density at radius 3 is 2.72 bits per heavy atom. The summed E-state index contributed by atoms with van der Waals surface area (Å²) in [7, 11) is 2.68. The lowest BCUT2D eigenvalue weighted by Crippen LogP contribution is -2.45. The van der Waals surface area contributed by atoms with Crippen LogP contribution in [0.2, 0.25) is 0 Å². The van der Waals surface area contributed by atoms with Crippen molar-refractivity contribution < 1.29 is 33.8 Å². The summed E-state index contributed by atoms with van der Waals surface area (Å²) in [5, 5.41) is 19.3. The molecule has 0 radical (unpaired) electrons. The molecular formula is C17H21Br2N3O7. The molecule has 29 heavy (non-hydrogen) atoms. The number of rotatable bonds is 8. The van der Waals surface area contributed by atoms with Crippen LogP contribution in [0.15, 0.2) is 26.0 Å². The zero-order chi connectivity index (χ0) is 21.6. The van der Waals surface area contributed by atoms with Crippen molar-refractivity contribution in [3.63, 3.8) is 0 Å². The van der Waals surface area contributed by atoms with Gasteiger partial charge in [0.1, 0.15) is 17.6 Å². The van der Waals surface area contributed by atoms with Crippen molar-refractivity contribution in [2.24, 2.45) is 5.16 Å². The number of oxime groups is 1. The molecule has 2 atom stereocenters. The van der Waals surface area contributed by atoms with E-state index in [2.05, 4.69) is 52.4 Å². The number of nitrogens with zero attached hydrogens (tertiary/aromatic N) is 1. The van der Waals surface area contributed by atoms with Gasteiger partial charge in [-0.05, 0) is 44.4 Å². The van der Waals surface area contributed by atoms with Crippen molar-refractivity contribution in [3.8, 4) is 0 Å². The number of halogens is 2. The average Bonchev–Trinajstić information content (AvgIpc) is 3.12. The van der Waals surface area contributed by atoms with Gasteiger partial charge in [0.05, 0.1) is 29.7 Å². The summed E-state index contributed by atoms with van der Waals surface area (Å²) in [5.41, 5.74) is -1.09. The molecule has 0 saturated carbocycles. The van der Waals surface area contributed by atoms with Crippen molar-refractivity contribution in [1.29, 1.82) is 0 Å². The Bertz CT molecular complexity index is 781. The van der Waals surface area contributed by atoms with E-state index in [4.69, 9.17) is 9.57 Å². The monoisotopic (exact) mass is 537 g/mol. The van der Waals surface area contributed by atoms with Crippen LogP contribution in [0.25, 0.3) is 0 Å². The van der Waals surface area contributed by atoms with Gasteiger partial charge >= 0.3 is 6.09 Å². The molecule has 0 aromatic carbocycles. The van der Waals surface area contributed by atoms with Gasteiger partial charge in [0, 0.05) is 19.4 Å². The van der Waals surface area contributed by atoms with Crippen LogP contribution in [0.4, 0.5) is 4.79 Å². The van der Waals surface area contributed by atoms with Crippen LogP contribution < -0.4 is 10.6 Å². The molecule has 0 unspecified atom stereocenters. The predicted molar refractivity (Wildman–Crippen MR) is 110 cm³/mol. The van der Waals surface area contributed by atoms with Gasteiger partial charge in [-0.25, -0.2) is 4.79 Å². The normalized spacial score (nSPS) is 23.1. The number of Topliss-reactive ketones (excluding diaryl/α,β-unsaturated/α-hetero) is 1. The van der Waals surface area contributed by atoms with E-state index in [0.29, 0.717) is 21.1 Å². The SMILES string of the molecule is COC(=O)NCC(=O)CCCNC(=O)C1=NO[C@]2(C=C(Br)C(OC)=C(Br)[C@@H]2O)C1. The van der Waals surface area contributed by atoms with Crippen LogP contribution in [0.1, 0.15) is 19.3 Å². The Morgan fingerprint density at radius 1 is 1.34 bits per heavy atom. The van der Waals surface area contributed by atoms with Gasteiger partial charge in [-0.1, -0.05) is 5.16 Å². The third-order valence-electron chi connectivity index (χ3n) is 4.28. The number of allylic oxidation sites excluding steroid dienone is 1. The lowest BCUT2D eigenvalue weighted by atomic mass is 9.87. The number of ketones is 1. The number of nitrogens with one attached hydrogen (secondary N) is 2. The molecule has 1 heterocycles. The molecule has 2 amide bonds. The standard InChI is InChI=1S/C17H21Br2N3O7/c1-27-13-10(18)6-17(14(24)12(13)19)7-11(22-29-17)15(25)20-5-3-4-9(23)8-21-16(26)28-2/h6,14,24H,3-5,7-8H2,1-2H3,(H,20,25)(H,21,26)/t14-,17+/m0/s1. The zero-order valence-electron chi connectivity index (χ0n) is 15.8. The van der Waals surface area contributed by atoms with E-state index in [1.807, 2.05) is 0 Å². The van der Waals surface area contributed by atoms with Gasteiger partial charge < -0.3 is 30.1 Å². The summed E-state index contributed by atoms with van der Waals surface area (Å²) in [5.74, 6) is -0.205. The molecule has 3 N–H and O–H groups in total.